The first-order valence-corrected chi connectivity index (χ1v) is 10.4. The molecule has 7 nitrogen and oxygen atoms in total. The smallest absolute Gasteiger partial charge is 0.269 e. The van der Waals surface area contributed by atoms with Crippen LogP contribution in [0.15, 0.2) is 64.2 Å². The van der Waals surface area contributed by atoms with Crippen LogP contribution in [-0.2, 0) is 6.61 Å². The molecule has 0 saturated carbocycles. The van der Waals surface area contributed by atoms with Gasteiger partial charge in [-0.1, -0.05) is 29.3 Å². The predicted molar refractivity (Wildman–Crippen MR) is 126 cm³/mol. The Morgan fingerprint density at radius 3 is 2.48 bits per heavy atom. The summed E-state index contributed by atoms with van der Waals surface area (Å²) in [5, 5.41) is 15.8. The van der Waals surface area contributed by atoms with Crippen LogP contribution in [0, 0.1) is 10.1 Å². The molecule has 0 aliphatic rings. The number of hydrazone groups is 1. The lowest BCUT2D eigenvalue weighted by Gasteiger charge is -2.13. The first-order chi connectivity index (χ1) is 14.9. The van der Waals surface area contributed by atoms with E-state index < -0.39 is 4.92 Å². The van der Waals surface area contributed by atoms with Crippen molar-refractivity contribution >= 4 is 56.7 Å². The largest absolute Gasteiger partial charge is 0.493 e. The van der Waals surface area contributed by atoms with Crippen molar-refractivity contribution in [3.8, 4) is 11.5 Å². The Balaban J connectivity index is 1.69. The molecule has 3 aromatic rings. The Hall–Kier alpha value is -2.81. The molecule has 0 bridgehead atoms. The first kappa shape index (κ1) is 22.9. The van der Waals surface area contributed by atoms with Gasteiger partial charge in [0.15, 0.2) is 11.5 Å². The van der Waals surface area contributed by atoms with Crippen molar-refractivity contribution in [2.45, 2.75) is 6.61 Å². The molecule has 0 aliphatic carbocycles. The first-order valence-electron chi connectivity index (χ1n) is 8.85. The van der Waals surface area contributed by atoms with Crippen LogP contribution >= 0.6 is 39.1 Å². The van der Waals surface area contributed by atoms with E-state index in [0.29, 0.717) is 27.2 Å². The van der Waals surface area contributed by atoms with Crippen molar-refractivity contribution < 1.29 is 14.4 Å². The van der Waals surface area contributed by atoms with Crippen molar-refractivity contribution in [1.82, 2.24) is 0 Å². The second kappa shape index (κ2) is 10.5. The van der Waals surface area contributed by atoms with Gasteiger partial charge in [-0.05, 0) is 57.9 Å². The molecule has 0 saturated heterocycles. The summed E-state index contributed by atoms with van der Waals surface area (Å²) in [4.78, 5) is 10.3. The summed E-state index contributed by atoms with van der Waals surface area (Å²) >= 11 is 15.5. The molecule has 0 amide bonds. The van der Waals surface area contributed by atoms with E-state index in [-0.39, 0.29) is 12.3 Å². The number of anilines is 1. The van der Waals surface area contributed by atoms with Gasteiger partial charge in [0.1, 0.15) is 6.61 Å². The third-order valence-corrected chi connectivity index (χ3v) is 5.56. The van der Waals surface area contributed by atoms with Crippen molar-refractivity contribution in [3.05, 3.63) is 90.4 Å². The Morgan fingerprint density at radius 2 is 1.84 bits per heavy atom. The van der Waals surface area contributed by atoms with Gasteiger partial charge in [0.2, 0.25) is 0 Å². The second-order valence-corrected chi connectivity index (χ2v) is 7.90. The highest BCUT2D eigenvalue weighted by molar-refractivity contribution is 9.10. The number of nitrogens with zero attached hydrogens (tertiary/aromatic N) is 2. The minimum atomic E-state index is -0.457. The highest BCUT2D eigenvalue weighted by Gasteiger charge is 2.10. The lowest BCUT2D eigenvalue weighted by Crippen LogP contribution is -2.00. The Bertz CT molecular complexity index is 1120. The average Bonchev–Trinajstić information content (AvgIpc) is 2.76. The molecule has 3 rings (SSSR count). The summed E-state index contributed by atoms with van der Waals surface area (Å²) in [5.41, 5.74) is 5.07. The van der Waals surface area contributed by atoms with Gasteiger partial charge in [-0.2, -0.15) is 5.10 Å². The number of rotatable bonds is 8. The lowest BCUT2D eigenvalue weighted by molar-refractivity contribution is -0.384. The third kappa shape index (κ3) is 6.10. The molecule has 10 heteroatoms. The van der Waals surface area contributed by atoms with Crippen molar-refractivity contribution in [2.24, 2.45) is 5.10 Å². The molecule has 0 unspecified atom stereocenters. The molecule has 0 atom stereocenters. The van der Waals surface area contributed by atoms with E-state index in [1.54, 1.807) is 49.7 Å². The van der Waals surface area contributed by atoms with Gasteiger partial charge < -0.3 is 9.47 Å². The number of hydrogen-bond acceptors (Lipinski definition) is 6. The van der Waals surface area contributed by atoms with E-state index in [4.69, 9.17) is 32.7 Å². The summed E-state index contributed by atoms with van der Waals surface area (Å²) in [5.74, 6) is 1.07. The minimum absolute atomic E-state index is 0.0125. The van der Waals surface area contributed by atoms with Crippen LogP contribution in [-0.4, -0.2) is 18.2 Å². The fraction of sp³-hybridized carbons (Fsp3) is 0.0952. The Kier molecular flexibility index (Phi) is 7.73. The zero-order valence-electron chi connectivity index (χ0n) is 16.1. The number of nitro groups is 1. The van der Waals surface area contributed by atoms with Crippen LogP contribution in [0.5, 0.6) is 11.5 Å². The molecule has 31 heavy (non-hydrogen) atoms. The van der Waals surface area contributed by atoms with Crippen LogP contribution in [0.2, 0.25) is 10.0 Å². The van der Waals surface area contributed by atoms with E-state index >= 15 is 0 Å². The van der Waals surface area contributed by atoms with Crippen molar-refractivity contribution in [1.29, 1.82) is 0 Å². The van der Waals surface area contributed by atoms with Gasteiger partial charge in [0.05, 0.1) is 34.0 Å². The number of methoxy groups -OCH3 is 1. The third-order valence-electron chi connectivity index (χ3n) is 4.14. The summed E-state index contributed by atoms with van der Waals surface area (Å²) in [6.45, 7) is 0.287. The average molecular weight is 525 g/mol. The summed E-state index contributed by atoms with van der Waals surface area (Å²) < 4.78 is 12.1. The zero-order valence-corrected chi connectivity index (χ0v) is 19.2. The van der Waals surface area contributed by atoms with E-state index in [2.05, 4.69) is 26.5 Å². The monoisotopic (exact) mass is 523 g/mol. The Morgan fingerprint density at radius 1 is 1.10 bits per heavy atom. The molecule has 0 heterocycles. The van der Waals surface area contributed by atoms with E-state index in [1.165, 1.54) is 12.1 Å². The number of non-ortho nitro benzene ring substituents is 1. The molecule has 0 aromatic heterocycles. The molecule has 160 valence electrons. The van der Waals surface area contributed by atoms with Crippen molar-refractivity contribution in [3.63, 3.8) is 0 Å². The molecular formula is C21H16BrCl2N3O4. The predicted octanol–water partition coefficient (Wildman–Crippen LogP) is 6.70. The topological polar surface area (TPSA) is 86.0 Å². The van der Waals surface area contributed by atoms with Gasteiger partial charge in [-0.15, -0.1) is 0 Å². The number of nitro benzene ring substituents is 1. The number of ether oxygens (including phenoxy) is 2. The fourth-order valence-electron chi connectivity index (χ4n) is 2.55. The number of hydrogen-bond donors (Lipinski definition) is 1. The van der Waals surface area contributed by atoms with Gasteiger partial charge >= 0.3 is 0 Å². The van der Waals surface area contributed by atoms with Gasteiger partial charge in [-0.25, -0.2) is 0 Å². The summed E-state index contributed by atoms with van der Waals surface area (Å²) in [6.07, 6.45) is 1.59. The van der Waals surface area contributed by atoms with Crippen LogP contribution in [0.4, 0.5) is 11.4 Å². The maximum absolute atomic E-state index is 10.7. The fourth-order valence-corrected chi connectivity index (χ4v) is 3.29. The Labute approximate surface area is 196 Å². The highest BCUT2D eigenvalue weighted by Crippen LogP contribution is 2.34. The van der Waals surface area contributed by atoms with Crippen LogP contribution in [0.1, 0.15) is 11.1 Å². The van der Waals surface area contributed by atoms with E-state index in [0.717, 1.165) is 15.6 Å². The number of halogens is 3. The highest BCUT2D eigenvalue weighted by atomic mass is 79.9. The zero-order chi connectivity index (χ0) is 22.4. The SMILES string of the molecule is COc1cc(/C=N/Nc2ccc([N+](=O)[O-])cc2)c(Br)cc1OCc1ccc(Cl)c(Cl)c1. The molecule has 1 N–H and O–H groups in total. The normalized spacial score (nSPS) is 10.8. The summed E-state index contributed by atoms with van der Waals surface area (Å²) in [7, 11) is 1.55. The molecule has 0 spiro atoms. The maximum atomic E-state index is 10.7. The number of nitrogens with one attached hydrogen (secondary N) is 1. The van der Waals surface area contributed by atoms with Crippen molar-refractivity contribution in [2.75, 3.05) is 12.5 Å². The van der Waals surface area contributed by atoms with Gasteiger partial charge in [-0.3, -0.25) is 15.5 Å². The van der Waals surface area contributed by atoms with Crippen LogP contribution in [0.3, 0.4) is 0 Å². The molecule has 3 aromatic carbocycles. The minimum Gasteiger partial charge on any atom is -0.493 e. The van der Waals surface area contributed by atoms with Gasteiger partial charge in [0, 0.05) is 22.2 Å². The second-order valence-electron chi connectivity index (χ2n) is 6.24. The molecule has 0 fully saturated rings. The van der Waals surface area contributed by atoms with Crippen LogP contribution < -0.4 is 14.9 Å². The molecular weight excluding hydrogens is 509 g/mol. The molecule has 0 aliphatic heterocycles. The maximum Gasteiger partial charge on any atom is 0.269 e. The molecule has 0 radical (unpaired) electrons. The quantitative estimate of drug-likeness (QED) is 0.201. The lowest BCUT2D eigenvalue weighted by atomic mass is 10.2. The standard InChI is InChI=1S/C21H16BrCl2N3O4/c1-30-20-9-14(11-25-26-15-3-5-16(6-4-15)27(28)29)17(22)10-21(20)31-12-13-2-7-18(23)19(24)8-13/h2-11,26H,12H2,1H3/b25-11+. The summed E-state index contributed by atoms with van der Waals surface area (Å²) in [6, 6.07) is 14.8. The van der Waals surface area contributed by atoms with Crippen LogP contribution in [0.25, 0.3) is 0 Å². The van der Waals surface area contributed by atoms with Gasteiger partial charge in [0.25, 0.3) is 5.69 Å². The van der Waals surface area contributed by atoms with E-state index in [9.17, 15) is 10.1 Å². The number of benzene rings is 3. The van der Waals surface area contributed by atoms with E-state index in [1.807, 2.05) is 6.07 Å².